The summed E-state index contributed by atoms with van der Waals surface area (Å²) in [5.74, 6) is 1.65. The third kappa shape index (κ3) is 4.19. The molecule has 1 aromatic carbocycles. The molecule has 0 amide bonds. The molecule has 3 heteroatoms. The summed E-state index contributed by atoms with van der Waals surface area (Å²) in [6.45, 7) is 5.14. The molecule has 0 fully saturated rings. The highest BCUT2D eigenvalue weighted by atomic mass is 79.9. The van der Waals surface area contributed by atoms with Crippen molar-refractivity contribution in [3.63, 3.8) is 0 Å². The van der Waals surface area contributed by atoms with Crippen molar-refractivity contribution < 1.29 is 4.74 Å². The van der Waals surface area contributed by atoms with Crippen molar-refractivity contribution in [1.82, 2.24) is 0 Å². The van der Waals surface area contributed by atoms with Crippen LogP contribution in [-0.4, -0.2) is 24.8 Å². The fourth-order valence-corrected chi connectivity index (χ4v) is 3.11. The zero-order valence-electron chi connectivity index (χ0n) is 8.79. The van der Waals surface area contributed by atoms with Gasteiger partial charge in [0.05, 0.1) is 6.61 Å². The van der Waals surface area contributed by atoms with Gasteiger partial charge in [0.15, 0.2) is 0 Å². The van der Waals surface area contributed by atoms with Crippen LogP contribution in [0.5, 0.6) is 5.75 Å². The quantitative estimate of drug-likeness (QED) is 0.744. The van der Waals surface area contributed by atoms with Crippen molar-refractivity contribution in [3.8, 4) is 5.75 Å². The Bertz CT molecular complexity index is 276. The maximum absolute atomic E-state index is 5.75. The molecule has 0 aliphatic rings. The molecule has 0 atom stereocenters. The second-order valence-corrected chi connectivity index (χ2v) is 7.01. The van der Waals surface area contributed by atoms with Gasteiger partial charge < -0.3 is 17.6 Å². The monoisotopic (exact) mass is 266 g/mol. The second kappa shape index (κ2) is 6.70. The van der Waals surface area contributed by atoms with E-state index < -0.39 is 0 Å². The van der Waals surface area contributed by atoms with Gasteiger partial charge in [-0.05, 0) is 17.5 Å². The lowest BCUT2D eigenvalue weighted by atomic mass is 10.2. The van der Waals surface area contributed by atoms with E-state index in [1.165, 1.54) is 5.56 Å². The van der Waals surface area contributed by atoms with Crippen LogP contribution in [0.25, 0.3) is 0 Å². The lowest BCUT2D eigenvalue weighted by Crippen LogP contribution is -2.06. The highest BCUT2D eigenvalue weighted by Gasteiger charge is 2.03. The van der Waals surface area contributed by atoms with Gasteiger partial charge in [-0.2, -0.15) is 0 Å². The third-order valence-electron chi connectivity index (χ3n) is 1.91. The summed E-state index contributed by atoms with van der Waals surface area (Å²) in [4.78, 5) is 0. The smallest absolute Gasteiger partial charge is 0.473 e. The van der Waals surface area contributed by atoms with Crippen LogP contribution in [0.4, 0.5) is 0 Å². The van der Waals surface area contributed by atoms with Gasteiger partial charge >= 0.3 is 18.2 Å². The standard InChI is InChI=1S/C11H15O.BrH.Mg/c1-9(2)8-12-11-7-5-4-6-10(11)3;;/h4-7,9H,3,8H2,1-2H3;1H;/q;;+1/p-1. The van der Waals surface area contributed by atoms with E-state index in [0.29, 0.717) is 5.92 Å². The van der Waals surface area contributed by atoms with Gasteiger partial charge in [-0.25, -0.2) is 0 Å². The van der Waals surface area contributed by atoms with Crippen LogP contribution in [0.2, 0.25) is 0 Å². The molecule has 0 unspecified atom stereocenters. The molecule has 0 saturated heterocycles. The summed E-state index contributed by atoms with van der Waals surface area (Å²) >= 11 is 3.47. The highest BCUT2D eigenvalue weighted by molar-refractivity contribution is 9.23. The van der Waals surface area contributed by atoms with Crippen LogP contribution in [0.1, 0.15) is 19.4 Å². The SMILES string of the molecule is CC(C)COc1ccccc1[CH2][Mg][Br]. The predicted molar refractivity (Wildman–Crippen MR) is 65.2 cm³/mol. The molecule has 0 spiro atoms. The fraction of sp³-hybridized carbons (Fsp3) is 0.455. The van der Waals surface area contributed by atoms with Gasteiger partial charge in [0.25, 0.3) is 0 Å². The van der Waals surface area contributed by atoms with Crippen LogP contribution < -0.4 is 4.74 Å². The Morgan fingerprint density at radius 2 is 2.07 bits per heavy atom. The first kappa shape index (κ1) is 12.3. The first-order valence-electron chi connectivity index (χ1n) is 5.00. The molecular formula is C11H15BrMgO. The van der Waals surface area contributed by atoms with E-state index in [1.807, 2.05) is 6.07 Å². The minimum Gasteiger partial charge on any atom is -0.493 e. The Morgan fingerprint density at radius 3 is 2.71 bits per heavy atom. The van der Waals surface area contributed by atoms with Crippen molar-refractivity contribution in [2.75, 3.05) is 6.61 Å². The molecule has 0 aliphatic heterocycles. The molecule has 1 nitrogen and oxygen atoms in total. The summed E-state index contributed by atoms with van der Waals surface area (Å²) in [7, 11) is 0. The summed E-state index contributed by atoms with van der Waals surface area (Å²) in [6, 6.07) is 8.34. The van der Waals surface area contributed by atoms with E-state index in [2.05, 4.69) is 44.9 Å². The number of hydrogen-bond acceptors (Lipinski definition) is 1. The van der Waals surface area contributed by atoms with E-state index in [-0.39, 0.29) is 18.2 Å². The topological polar surface area (TPSA) is 9.23 Å². The van der Waals surface area contributed by atoms with Gasteiger partial charge in [-0.1, -0.05) is 36.6 Å². The summed E-state index contributed by atoms with van der Waals surface area (Å²) in [5, 5.41) is 0. The summed E-state index contributed by atoms with van der Waals surface area (Å²) in [5.41, 5.74) is 1.34. The molecule has 0 N–H and O–H groups in total. The van der Waals surface area contributed by atoms with Crippen molar-refractivity contribution in [3.05, 3.63) is 29.8 Å². The van der Waals surface area contributed by atoms with Crippen LogP contribution in [0.15, 0.2) is 24.3 Å². The van der Waals surface area contributed by atoms with E-state index in [0.717, 1.165) is 16.9 Å². The minimum atomic E-state index is -0.110. The van der Waals surface area contributed by atoms with Crippen molar-refractivity contribution in [2.24, 2.45) is 5.92 Å². The summed E-state index contributed by atoms with van der Waals surface area (Å²) < 4.78 is 6.91. The molecule has 14 heavy (non-hydrogen) atoms. The summed E-state index contributed by atoms with van der Waals surface area (Å²) in [6.07, 6.45) is 0. The average Bonchev–Trinajstić information content (AvgIpc) is 2.17. The first-order chi connectivity index (χ1) is 6.74. The maximum atomic E-state index is 5.75. The van der Waals surface area contributed by atoms with Crippen molar-refractivity contribution in [2.45, 2.75) is 18.4 Å². The van der Waals surface area contributed by atoms with E-state index in [1.54, 1.807) is 0 Å². The molecule has 74 valence electrons. The van der Waals surface area contributed by atoms with Crippen LogP contribution in [0.3, 0.4) is 0 Å². The molecule has 0 saturated carbocycles. The molecule has 1 rings (SSSR count). The lowest BCUT2D eigenvalue weighted by Gasteiger charge is -2.12. The third-order valence-corrected chi connectivity index (χ3v) is 3.83. The van der Waals surface area contributed by atoms with Gasteiger partial charge in [0.1, 0.15) is 5.75 Å². The molecule has 1 aromatic rings. The van der Waals surface area contributed by atoms with Crippen molar-refractivity contribution in [1.29, 1.82) is 0 Å². The Hall–Kier alpha value is 0.266. The Kier molecular flexibility index (Phi) is 5.90. The average molecular weight is 267 g/mol. The predicted octanol–water partition coefficient (Wildman–Crippen LogP) is 3.24. The zero-order chi connectivity index (χ0) is 10.4. The lowest BCUT2D eigenvalue weighted by molar-refractivity contribution is 0.269. The van der Waals surface area contributed by atoms with Crippen LogP contribution in [-0.2, 0) is 4.55 Å². The maximum Gasteiger partial charge on any atom is 0.473 e. The Balaban J connectivity index is 2.64. The minimum absolute atomic E-state index is 0.110. The molecular weight excluding hydrogens is 252 g/mol. The molecule has 0 aromatic heterocycles. The Morgan fingerprint density at radius 1 is 1.36 bits per heavy atom. The molecule has 0 heterocycles. The number of ether oxygens (including phenoxy) is 1. The highest BCUT2D eigenvalue weighted by Crippen LogP contribution is 2.19. The normalized spacial score (nSPS) is 10.0. The van der Waals surface area contributed by atoms with E-state index in [9.17, 15) is 0 Å². The first-order valence-corrected chi connectivity index (χ1v) is 9.90. The van der Waals surface area contributed by atoms with Gasteiger partial charge in [0, 0.05) is 0 Å². The van der Waals surface area contributed by atoms with E-state index in [4.69, 9.17) is 4.74 Å². The Labute approximate surface area is 102 Å². The molecule has 0 aliphatic carbocycles. The van der Waals surface area contributed by atoms with Gasteiger partial charge in [0.2, 0.25) is 0 Å². The number of para-hydroxylation sites is 1. The van der Waals surface area contributed by atoms with Gasteiger partial charge in [-0.15, -0.1) is 0 Å². The zero-order valence-corrected chi connectivity index (χ0v) is 11.8. The number of halogens is 1. The number of hydrogen-bond donors (Lipinski definition) is 0. The van der Waals surface area contributed by atoms with Crippen LogP contribution in [0, 0.1) is 5.92 Å². The molecule has 0 bridgehead atoms. The molecule has 0 radical (unpaired) electrons. The fourth-order valence-electron chi connectivity index (χ4n) is 1.21. The second-order valence-electron chi connectivity index (χ2n) is 3.75. The van der Waals surface area contributed by atoms with Gasteiger partial charge in [-0.3, -0.25) is 0 Å². The number of benzene rings is 1. The largest absolute Gasteiger partial charge is 0.493 e. The number of rotatable bonds is 5. The van der Waals surface area contributed by atoms with Crippen LogP contribution >= 0.6 is 12.9 Å². The van der Waals surface area contributed by atoms with E-state index >= 15 is 0 Å². The van der Waals surface area contributed by atoms with Crippen molar-refractivity contribution >= 4 is 31.1 Å².